The summed E-state index contributed by atoms with van der Waals surface area (Å²) in [5, 5.41) is 5.22. The predicted molar refractivity (Wildman–Crippen MR) is 64.9 cm³/mol. The molecule has 17 heavy (non-hydrogen) atoms. The molecule has 1 rings (SSSR count). The zero-order chi connectivity index (χ0) is 12.7. The molecule has 1 aromatic rings. The lowest BCUT2D eigenvalue weighted by atomic mass is 10.3. The summed E-state index contributed by atoms with van der Waals surface area (Å²) < 4.78 is 18.1. The summed E-state index contributed by atoms with van der Waals surface area (Å²) in [5.41, 5.74) is 0.400. The molecule has 0 bridgehead atoms. The lowest BCUT2D eigenvalue weighted by Gasteiger charge is -2.08. The third-order valence-corrected chi connectivity index (χ3v) is 2.23. The van der Waals surface area contributed by atoms with Crippen LogP contribution >= 0.6 is 0 Å². The van der Waals surface area contributed by atoms with Crippen LogP contribution in [0.1, 0.15) is 19.8 Å². The van der Waals surface area contributed by atoms with E-state index in [2.05, 4.69) is 10.6 Å². The molecule has 5 heteroatoms. The summed E-state index contributed by atoms with van der Waals surface area (Å²) >= 11 is 0. The molecule has 0 saturated carbocycles. The molecule has 0 fully saturated rings. The molecule has 94 valence electrons. The molecule has 0 heterocycles. The molecular formula is C12H17FN2O2. The van der Waals surface area contributed by atoms with Crippen molar-refractivity contribution in [3.05, 3.63) is 24.0 Å². The van der Waals surface area contributed by atoms with Crippen LogP contribution in [0.4, 0.5) is 14.9 Å². The van der Waals surface area contributed by atoms with E-state index in [0.29, 0.717) is 12.2 Å². The molecule has 0 spiro atoms. The third kappa shape index (κ3) is 4.30. The highest BCUT2D eigenvalue weighted by atomic mass is 19.1. The highest BCUT2D eigenvalue weighted by Crippen LogP contribution is 2.20. The average Bonchev–Trinajstić information content (AvgIpc) is 2.29. The average molecular weight is 240 g/mol. The van der Waals surface area contributed by atoms with E-state index in [0.717, 1.165) is 12.8 Å². The van der Waals surface area contributed by atoms with Gasteiger partial charge in [0.25, 0.3) is 0 Å². The Hall–Kier alpha value is -1.78. The fourth-order valence-corrected chi connectivity index (χ4v) is 1.30. The van der Waals surface area contributed by atoms with Crippen LogP contribution in [-0.4, -0.2) is 19.7 Å². The van der Waals surface area contributed by atoms with Crippen molar-refractivity contribution in [1.29, 1.82) is 0 Å². The molecule has 1 aromatic carbocycles. The van der Waals surface area contributed by atoms with Gasteiger partial charge in [-0.05, 0) is 18.6 Å². The number of carbonyl (C=O) groups is 1. The van der Waals surface area contributed by atoms with Crippen molar-refractivity contribution in [2.45, 2.75) is 19.8 Å². The summed E-state index contributed by atoms with van der Waals surface area (Å²) in [7, 11) is 1.39. The van der Waals surface area contributed by atoms with Crippen LogP contribution in [0.15, 0.2) is 18.2 Å². The summed E-state index contributed by atoms with van der Waals surface area (Å²) in [6.07, 6.45) is 1.93. The molecule has 0 aliphatic heterocycles. The molecule has 0 radical (unpaired) electrons. The van der Waals surface area contributed by atoms with Gasteiger partial charge in [0.05, 0.1) is 7.11 Å². The normalized spacial score (nSPS) is 9.82. The second-order valence-electron chi connectivity index (χ2n) is 3.58. The number of anilines is 1. The number of ether oxygens (including phenoxy) is 1. The first-order valence-electron chi connectivity index (χ1n) is 5.55. The number of hydrogen-bond donors (Lipinski definition) is 2. The maximum Gasteiger partial charge on any atom is 0.319 e. The zero-order valence-electron chi connectivity index (χ0n) is 10.0. The summed E-state index contributed by atoms with van der Waals surface area (Å²) in [5.74, 6) is -0.346. The van der Waals surface area contributed by atoms with Gasteiger partial charge >= 0.3 is 6.03 Å². The highest BCUT2D eigenvalue weighted by Gasteiger charge is 2.05. The Morgan fingerprint density at radius 3 is 2.82 bits per heavy atom. The van der Waals surface area contributed by atoms with Gasteiger partial charge in [0.1, 0.15) is 0 Å². The van der Waals surface area contributed by atoms with Crippen LogP contribution in [0.3, 0.4) is 0 Å². The van der Waals surface area contributed by atoms with E-state index in [9.17, 15) is 9.18 Å². The Morgan fingerprint density at radius 1 is 1.47 bits per heavy atom. The van der Waals surface area contributed by atoms with Crippen molar-refractivity contribution in [1.82, 2.24) is 5.32 Å². The monoisotopic (exact) mass is 240 g/mol. The first kappa shape index (κ1) is 13.3. The van der Waals surface area contributed by atoms with Crippen LogP contribution in [-0.2, 0) is 0 Å². The number of halogens is 1. The topological polar surface area (TPSA) is 50.4 Å². The number of carbonyl (C=O) groups excluding carboxylic acids is 1. The van der Waals surface area contributed by atoms with Gasteiger partial charge < -0.3 is 15.4 Å². The molecule has 0 unspecified atom stereocenters. The van der Waals surface area contributed by atoms with Gasteiger partial charge in [-0.25, -0.2) is 9.18 Å². The Kier molecular flexibility index (Phi) is 5.26. The number of hydrogen-bond acceptors (Lipinski definition) is 2. The van der Waals surface area contributed by atoms with Gasteiger partial charge in [0.15, 0.2) is 11.6 Å². The van der Waals surface area contributed by atoms with Gasteiger partial charge in [-0.1, -0.05) is 13.3 Å². The molecule has 0 saturated heterocycles. The number of amides is 2. The molecule has 0 aliphatic rings. The van der Waals surface area contributed by atoms with Crippen molar-refractivity contribution >= 4 is 11.7 Å². The minimum atomic E-state index is -0.501. The van der Waals surface area contributed by atoms with Gasteiger partial charge in [0, 0.05) is 18.3 Å². The van der Waals surface area contributed by atoms with Crippen molar-refractivity contribution in [2.75, 3.05) is 19.0 Å². The SMILES string of the molecule is CCCCNC(=O)Nc1ccc(OC)c(F)c1. The number of unbranched alkanes of at least 4 members (excludes halogenated alkanes) is 1. The fourth-order valence-electron chi connectivity index (χ4n) is 1.30. The number of nitrogens with one attached hydrogen (secondary N) is 2. The minimum absolute atomic E-state index is 0.155. The molecule has 2 N–H and O–H groups in total. The largest absolute Gasteiger partial charge is 0.494 e. The molecule has 2 amide bonds. The molecular weight excluding hydrogens is 223 g/mol. The predicted octanol–water partition coefficient (Wildman–Crippen LogP) is 2.76. The van der Waals surface area contributed by atoms with Crippen LogP contribution in [0.2, 0.25) is 0 Å². The number of urea groups is 1. The van der Waals surface area contributed by atoms with Gasteiger partial charge in [-0.15, -0.1) is 0 Å². The Labute approximate surface area is 100 Å². The van der Waals surface area contributed by atoms with E-state index < -0.39 is 5.82 Å². The molecule has 0 aliphatic carbocycles. The van der Waals surface area contributed by atoms with E-state index in [1.807, 2.05) is 6.92 Å². The van der Waals surface area contributed by atoms with Crippen molar-refractivity contribution in [2.24, 2.45) is 0 Å². The lowest BCUT2D eigenvalue weighted by Crippen LogP contribution is -2.29. The quantitative estimate of drug-likeness (QED) is 0.777. The number of methoxy groups -OCH3 is 1. The summed E-state index contributed by atoms with van der Waals surface area (Å²) in [6, 6.07) is 3.94. The Balaban J connectivity index is 2.51. The zero-order valence-corrected chi connectivity index (χ0v) is 10.0. The van der Waals surface area contributed by atoms with Crippen LogP contribution in [0, 0.1) is 5.82 Å². The molecule has 0 atom stereocenters. The first-order chi connectivity index (χ1) is 8.17. The van der Waals surface area contributed by atoms with E-state index in [-0.39, 0.29) is 11.8 Å². The van der Waals surface area contributed by atoms with Crippen LogP contribution in [0.25, 0.3) is 0 Å². The van der Waals surface area contributed by atoms with Gasteiger partial charge in [0.2, 0.25) is 0 Å². The Morgan fingerprint density at radius 2 is 2.24 bits per heavy atom. The van der Waals surface area contributed by atoms with E-state index in [4.69, 9.17) is 4.74 Å². The minimum Gasteiger partial charge on any atom is -0.494 e. The maximum atomic E-state index is 13.3. The van der Waals surface area contributed by atoms with Crippen LogP contribution < -0.4 is 15.4 Å². The van der Waals surface area contributed by atoms with Crippen molar-refractivity contribution in [3.63, 3.8) is 0 Å². The number of benzene rings is 1. The maximum absolute atomic E-state index is 13.3. The highest BCUT2D eigenvalue weighted by molar-refractivity contribution is 5.89. The van der Waals surface area contributed by atoms with E-state index in [1.165, 1.54) is 19.2 Å². The second kappa shape index (κ2) is 6.73. The van der Waals surface area contributed by atoms with E-state index in [1.54, 1.807) is 6.07 Å². The van der Waals surface area contributed by atoms with E-state index >= 15 is 0 Å². The third-order valence-electron chi connectivity index (χ3n) is 2.23. The first-order valence-corrected chi connectivity index (χ1v) is 5.55. The van der Waals surface area contributed by atoms with Crippen LogP contribution in [0.5, 0.6) is 5.75 Å². The second-order valence-corrected chi connectivity index (χ2v) is 3.58. The van der Waals surface area contributed by atoms with Gasteiger partial charge in [-0.3, -0.25) is 0 Å². The molecule has 4 nitrogen and oxygen atoms in total. The van der Waals surface area contributed by atoms with Crippen molar-refractivity contribution < 1.29 is 13.9 Å². The van der Waals surface area contributed by atoms with Gasteiger partial charge in [-0.2, -0.15) is 0 Å². The smallest absolute Gasteiger partial charge is 0.319 e. The standard InChI is InChI=1S/C12H17FN2O2/c1-3-4-7-14-12(16)15-9-5-6-11(17-2)10(13)8-9/h5-6,8H,3-4,7H2,1-2H3,(H2,14,15,16). The number of rotatable bonds is 5. The summed E-state index contributed by atoms with van der Waals surface area (Å²) in [4.78, 5) is 11.4. The lowest BCUT2D eigenvalue weighted by molar-refractivity contribution is 0.252. The summed E-state index contributed by atoms with van der Waals surface area (Å²) in [6.45, 7) is 2.65. The van der Waals surface area contributed by atoms with Crippen molar-refractivity contribution in [3.8, 4) is 5.75 Å². The molecule has 0 aromatic heterocycles. The Bertz CT molecular complexity index is 383. The fraction of sp³-hybridized carbons (Fsp3) is 0.417.